The van der Waals surface area contributed by atoms with Crippen LogP contribution in [0.5, 0.6) is 0 Å². The van der Waals surface area contributed by atoms with E-state index >= 15 is 0 Å². The van der Waals surface area contributed by atoms with Gasteiger partial charge in [-0.05, 0) is 54.1 Å². The summed E-state index contributed by atoms with van der Waals surface area (Å²) in [5.41, 5.74) is 3.74. The number of nitrogens with zero attached hydrogens (tertiary/aromatic N) is 4. The summed E-state index contributed by atoms with van der Waals surface area (Å²) in [4.78, 5) is 43.1. The van der Waals surface area contributed by atoms with E-state index in [0.717, 1.165) is 5.56 Å². The van der Waals surface area contributed by atoms with Gasteiger partial charge < -0.3 is 10.6 Å². The Morgan fingerprint density at radius 3 is 2.41 bits per heavy atom. The zero-order valence-electron chi connectivity index (χ0n) is 18.0. The topological polar surface area (TPSA) is 109 Å². The Morgan fingerprint density at radius 2 is 1.68 bits per heavy atom. The van der Waals surface area contributed by atoms with Crippen LogP contribution in [0, 0.1) is 0 Å². The average molecular weight is 452 g/mol. The second kappa shape index (κ2) is 8.99. The van der Waals surface area contributed by atoms with E-state index in [0.29, 0.717) is 34.7 Å². The number of anilines is 3. The molecule has 0 fully saturated rings. The maximum atomic E-state index is 13.1. The molecule has 0 unspecified atom stereocenters. The average Bonchev–Trinajstić information content (AvgIpc) is 3.37. The summed E-state index contributed by atoms with van der Waals surface area (Å²) >= 11 is 0. The van der Waals surface area contributed by atoms with Crippen LogP contribution in [-0.4, -0.2) is 39.0 Å². The number of rotatable bonds is 5. The van der Waals surface area contributed by atoms with Crippen molar-refractivity contribution in [2.45, 2.75) is 6.54 Å². The Labute approximate surface area is 195 Å². The van der Waals surface area contributed by atoms with Crippen LogP contribution >= 0.6 is 0 Å². The molecule has 0 radical (unpaired) electrons. The third kappa shape index (κ3) is 4.40. The van der Waals surface area contributed by atoms with Crippen molar-refractivity contribution in [3.05, 3.63) is 102 Å². The van der Waals surface area contributed by atoms with Gasteiger partial charge in [-0.3, -0.25) is 19.3 Å². The van der Waals surface area contributed by atoms with E-state index in [1.54, 1.807) is 65.6 Å². The normalized spacial score (nSPS) is 12.6. The van der Waals surface area contributed by atoms with Crippen molar-refractivity contribution < 1.29 is 14.4 Å². The van der Waals surface area contributed by atoms with E-state index in [1.807, 2.05) is 18.2 Å². The van der Waals surface area contributed by atoms with Crippen molar-refractivity contribution in [3.8, 4) is 0 Å². The Bertz CT molecular complexity index is 1350. The van der Waals surface area contributed by atoms with Crippen molar-refractivity contribution in [2.75, 3.05) is 22.1 Å². The number of fused-ring (bicyclic) bond motifs is 1. The van der Waals surface area contributed by atoms with Gasteiger partial charge in [0.25, 0.3) is 11.8 Å². The summed E-state index contributed by atoms with van der Waals surface area (Å²) in [5, 5.41) is 9.67. The summed E-state index contributed by atoms with van der Waals surface area (Å²) < 4.78 is 1.70. The summed E-state index contributed by atoms with van der Waals surface area (Å²) in [7, 11) is 0. The van der Waals surface area contributed by atoms with Gasteiger partial charge in [0, 0.05) is 16.8 Å². The highest BCUT2D eigenvalue weighted by Gasteiger charge is 2.27. The molecule has 3 amide bonds. The molecule has 5 rings (SSSR count). The molecule has 1 aromatic heterocycles. The zero-order chi connectivity index (χ0) is 23.5. The first-order chi connectivity index (χ1) is 16.6. The van der Waals surface area contributed by atoms with E-state index in [9.17, 15) is 14.4 Å². The number of nitrogens with one attached hydrogen (secondary N) is 2. The van der Waals surface area contributed by atoms with Gasteiger partial charge in [0.05, 0.1) is 17.9 Å². The molecule has 2 N–H and O–H groups in total. The lowest BCUT2D eigenvalue weighted by Crippen LogP contribution is -2.42. The van der Waals surface area contributed by atoms with Crippen LogP contribution in [0.2, 0.25) is 0 Å². The van der Waals surface area contributed by atoms with Gasteiger partial charge in [0.1, 0.15) is 19.2 Å². The molecule has 168 valence electrons. The standard InChI is InChI=1S/C25H20N6O3/c32-23-14-31(22-4-2-1-3-21(22)29-23)25(34)19-9-11-20(12-10-19)28-24(33)18-7-5-17(6-8-18)13-30-16-26-15-27-30/h1-12,15-16H,13-14H2,(H,28,33)(H,29,32). The van der Waals surface area contributed by atoms with Gasteiger partial charge in [-0.25, -0.2) is 9.67 Å². The molecule has 3 aromatic carbocycles. The first-order valence-corrected chi connectivity index (χ1v) is 10.6. The fourth-order valence-electron chi connectivity index (χ4n) is 3.73. The Kier molecular flexibility index (Phi) is 5.57. The number of benzene rings is 3. The second-order valence-corrected chi connectivity index (χ2v) is 7.78. The minimum absolute atomic E-state index is 0.0543. The first kappa shape index (κ1) is 21.1. The largest absolute Gasteiger partial charge is 0.323 e. The van der Waals surface area contributed by atoms with Crippen molar-refractivity contribution in [1.29, 1.82) is 0 Å². The molecule has 0 spiro atoms. The molecule has 0 bridgehead atoms. The van der Waals surface area contributed by atoms with Crippen LogP contribution in [-0.2, 0) is 11.3 Å². The van der Waals surface area contributed by atoms with E-state index in [-0.39, 0.29) is 24.3 Å². The monoisotopic (exact) mass is 452 g/mol. The number of hydrogen-bond acceptors (Lipinski definition) is 5. The molecule has 2 heterocycles. The Morgan fingerprint density at radius 1 is 0.941 bits per heavy atom. The van der Waals surface area contributed by atoms with E-state index in [4.69, 9.17) is 0 Å². The molecule has 0 aliphatic carbocycles. The number of carbonyl (C=O) groups excluding carboxylic acids is 3. The minimum atomic E-state index is -0.289. The highest BCUT2D eigenvalue weighted by Crippen LogP contribution is 2.30. The lowest BCUT2D eigenvalue weighted by atomic mass is 10.1. The molecule has 34 heavy (non-hydrogen) atoms. The van der Waals surface area contributed by atoms with Crippen LogP contribution in [0.15, 0.2) is 85.5 Å². The summed E-state index contributed by atoms with van der Waals surface area (Å²) in [5.74, 6) is -0.792. The number of amides is 3. The van der Waals surface area contributed by atoms with Crippen molar-refractivity contribution >= 4 is 34.8 Å². The van der Waals surface area contributed by atoms with Gasteiger partial charge in [-0.1, -0.05) is 24.3 Å². The summed E-state index contributed by atoms with van der Waals surface area (Å²) in [6, 6.07) is 21.0. The van der Waals surface area contributed by atoms with E-state index in [2.05, 4.69) is 20.7 Å². The molecular weight excluding hydrogens is 432 g/mol. The van der Waals surface area contributed by atoms with Crippen molar-refractivity contribution in [3.63, 3.8) is 0 Å². The van der Waals surface area contributed by atoms with Crippen LogP contribution < -0.4 is 15.5 Å². The molecule has 0 saturated carbocycles. The molecule has 9 heteroatoms. The third-order valence-corrected chi connectivity index (χ3v) is 5.43. The first-order valence-electron chi connectivity index (χ1n) is 10.6. The number of aromatic nitrogens is 3. The van der Waals surface area contributed by atoms with E-state index in [1.165, 1.54) is 11.2 Å². The molecule has 0 saturated heterocycles. The van der Waals surface area contributed by atoms with Crippen LogP contribution in [0.3, 0.4) is 0 Å². The summed E-state index contributed by atoms with van der Waals surface area (Å²) in [6.45, 7) is 0.516. The number of para-hydroxylation sites is 2. The fraction of sp³-hybridized carbons (Fsp3) is 0.0800. The van der Waals surface area contributed by atoms with Crippen LogP contribution in [0.4, 0.5) is 17.1 Å². The minimum Gasteiger partial charge on any atom is -0.323 e. The molecule has 4 aromatic rings. The summed E-state index contributed by atoms with van der Waals surface area (Å²) in [6.07, 6.45) is 3.11. The van der Waals surface area contributed by atoms with Crippen molar-refractivity contribution in [1.82, 2.24) is 14.8 Å². The highest BCUT2D eigenvalue weighted by molar-refractivity contribution is 6.15. The van der Waals surface area contributed by atoms with Gasteiger partial charge in [-0.15, -0.1) is 0 Å². The molecular formula is C25H20N6O3. The molecule has 0 atom stereocenters. The predicted octanol–water partition coefficient (Wildman–Crippen LogP) is 3.18. The maximum absolute atomic E-state index is 13.1. The van der Waals surface area contributed by atoms with Gasteiger partial charge in [0.2, 0.25) is 5.91 Å². The Balaban J connectivity index is 1.25. The van der Waals surface area contributed by atoms with Crippen molar-refractivity contribution in [2.24, 2.45) is 0 Å². The number of carbonyl (C=O) groups is 3. The Hall–Kier alpha value is -4.79. The smallest absolute Gasteiger partial charge is 0.258 e. The highest BCUT2D eigenvalue weighted by atomic mass is 16.2. The van der Waals surface area contributed by atoms with Gasteiger partial charge in [0.15, 0.2) is 0 Å². The van der Waals surface area contributed by atoms with Crippen LogP contribution in [0.25, 0.3) is 0 Å². The quantitative estimate of drug-likeness (QED) is 0.483. The third-order valence-electron chi connectivity index (χ3n) is 5.43. The number of hydrogen-bond donors (Lipinski definition) is 2. The lowest BCUT2D eigenvalue weighted by molar-refractivity contribution is -0.115. The second-order valence-electron chi connectivity index (χ2n) is 7.78. The SMILES string of the molecule is O=C1CN(C(=O)c2ccc(NC(=O)c3ccc(Cn4cncn4)cc3)cc2)c2ccccc2N1. The maximum Gasteiger partial charge on any atom is 0.258 e. The molecule has 9 nitrogen and oxygen atoms in total. The van der Waals surface area contributed by atoms with E-state index < -0.39 is 0 Å². The lowest BCUT2D eigenvalue weighted by Gasteiger charge is -2.29. The van der Waals surface area contributed by atoms with Gasteiger partial charge in [-0.2, -0.15) is 5.10 Å². The molecule has 1 aliphatic heterocycles. The predicted molar refractivity (Wildman–Crippen MR) is 127 cm³/mol. The molecule has 1 aliphatic rings. The zero-order valence-corrected chi connectivity index (χ0v) is 18.0. The fourth-order valence-corrected chi connectivity index (χ4v) is 3.73. The van der Waals surface area contributed by atoms with Gasteiger partial charge >= 0.3 is 0 Å². The van der Waals surface area contributed by atoms with Crippen LogP contribution in [0.1, 0.15) is 26.3 Å².